The minimum Gasteiger partial charge on any atom is -0.320 e. The van der Waals surface area contributed by atoms with Crippen molar-refractivity contribution in [3.8, 4) is 0 Å². The number of sulfone groups is 1. The van der Waals surface area contributed by atoms with E-state index in [0.717, 1.165) is 17.7 Å². The molecule has 1 rings (SSSR count). The third-order valence-electron chi connectivity index (χ3n) is 2.51. The first kappa shape index (κ1) is 13.2. The van der Waals surface area contributed by atoms with Gasteiger partial charge in [0.15, 0.2) is 9.84 Å². The first-order valence-electron chi connectivity index (χ1n) is 5.42. The van der Waals surface area contributed by atoms with Crippen molar-refractivity contribution >= 4 is 9.84 Å². The molecule has 1 aromatic rings. The Hall–Kier alpha value is -0.870. The summed E-state index contributed by atoms with van der Waals surface area (Å²) in [5, 5.41) is 2.95. The molecule has 0 saturated heterocycles. The van der Waals surface area contributed by atoms with E-state index in [1.54, 1.807) is 6.07 Å². The van der Waals surface area contributed by atoms with Gasteiger partial charge in [0.05, 0.1) is 10.6 Å². The van der Waals surface area contributed by atoms with E-state index in [2.05, 4.69) is 5.32 Å². The Morgan fingerprint density at radius 3 is 2.50 bits per heavy atom. The van der Waals surface area contributed by atoms with Gasteiger partial charge in [0.25, 0.3) is 0 Å². The quantitative estimate of drug-likeness (QED) is 0.798. The maximum atomic E-state index is 12.0. The van der Waals surface area contributed by atoms with Gasteiger partial charge in [0, 0.05) is 0 Å². The SMILES string of the molecule is CNCCCS(=O)(=O)c1ccc(C)cc1C. The largest absolute Gasteiger partial charge is 0.320 e. The Kier molecular flexibility index (Phi) is 4.50. The van der Waals surface area contributed by atoms with Gasteiger partial charge in [-0.05, 0) is 45.5 Å². The molecule has 0 aliphatic carbocycles. The zero-order valence-corrected chi connectivity index (χ0v) is 10.9. The molecule has 0 heterocycles. The Morgan fingerprint density at radius 1 is 1.25 bits per heavy atom. The van der Waals surface area contributed by atoms with Crippen molar-refractivity contribution < 1.29 is 8.42 Å². The van der Waals surface area contributed by atoms with Crippen LogP contribution in [0.15, 0.2) is 23.1 Å². The number of hydrogen-bond acceptors (Lipinski definition) is 3. The Bertz CT molecular complexity index is 452. The van der Waals surface area contributed by atoms with Gasteiger partial charge in [-0.1, -0.05) is 17.7 Å². The summed E-state index contributed by atoms with van der Waals surface area (Å²) in [6, 6.07) is 5.46. The molecule has 0 fully saturated rings. The Morgan fingerprint density at radius 2 is 1.94 bits per heavy atom. The molecule has 0 spiro atoms. The lowest BCUT2D eigenvalue weighted by Gasteiger charge is -2.08. The van der Waals surface area contributed by atoms with E-state index in [4.69, 9.17) is 0 Å². The minimum atomic E-state index is -3.12. The second-order valence-corrected chi connectivity index (χ2v) is 6.12. The molecule has 1 aromatic carbocycles. The van der Waals surface area contributed by atoms with Crippen molar-refractivity contribution in [2.24, 2.45) is 0 Å². The van der Waals surface area contributed by atoms with Crippen molar-refractivity contribution in [1.29, 1.82) is 0 Å². The van der Waals surface area contributed by atoms with Crippen LogP contribution in [0, 0.1) is 13.8 Å². The van der Waals surface area contributed by atoms with Gasteiger partial charge in [-0.25, -0.2) is 8.42 Å². The summed E-state index contributed by atoms with van der Waals surface area (Å²) in [7, 11) is -1.30. The monoisotopic (exact) mass is 241 g/mol. The fourth-order valence-electron chi connectivity index (χ4n) is 1.70. The maximum Gasteiger partial charge on any atom is 0.178 e. The standard InChI is InChI=1S/C12H19NO2S/c1-10-5-6-12(11(2)9-10)16(14,15)8-4-7-13-3/h5-6,9,13H,4,7-8H2,1-3H3. The molecule has 16 heavy (non-hydrogen) atoms. The summed E-state index contributed by atoms with van der Waals surface area (Å²) in [5.74, 6) is 0.206. The highest BCUT2D eigenvalue weighted by Crippen LogP contribution is 2.18. The molecule has 0 unspecified atom stereocenters. The number of nitrogens with one attached hydrogen (secondary N) is 1. The third kappa shape index (κ3) is 3.32. The summed E-state index contributed by atoms with van der Waals surface area (Å²) < 4.78 is 24.0. The van der Waals surface area contributed by atoms with E-state index in [-0.39, 0.29) is 5.75 Å². The van der Waals surface area contributed by atoms with Crippen LogP contribution in [0.5, 0.6) is 0 Å². The number of hydrogen-bond donors (Lipinski definition) is 1. The van der Waals surface area contributed by atoms with Crippen molar-refractivity contribution in [3.05, 3.63) is 29.3 Å². The summed E-state index contributed by atoms with van der Waals surface area (Å²) in [6.45, 7) is 4.53. The Balaban J connectivity index is 2.90. The van der Waals surface area contributed by atoms with Gasteiger partial charge in [-0.15, -0.1) is 0 Å². The lowest BCUT2D eigenvalue weighted by atomic mass is 10.2. The lowest BCUT2D eigenvalue weighted by molar-refractivity contribution is 0.591. The molecule has 0 aromatic heterocycles. The van der Waals surface area contributed by atoms with Crippen molar-refractivity contribution in [1.82, 2.24) is 5.32 Å². The molecule has 0 aliphatic rings. The molecule has 0 saturated carbocycles. The third-order valence-corrected chi connectivity index (χ3v) is 4.46. The lowest BCUT2D eigenvalue weighted by Crippen LogP contribution is -2.15. The van der Waals surface area contributed by atoms with Crippen molar-refractivity contribution in [2.45, 2.75) is 25.2 Å². The van der Waals surface area contributed by atoms with Gasteiger partial charge in [0.2, 0.25) is 0 Å². The summed E-state index contributed by atoms with van der Waals surface area (Å²) in [6.07, 6.45) is 0.645. The van der Waals surface area contributed by atoms with E-state index < -0.39 is 9.84 Å². The van der Waals surface area contributed by atoms with Crippen LogP contribution in [0.2, 0.25) is 0 Å². The minimum absolute atomic E-state index is 0.206. The molecule has 0 radical (unpaired) electrons. The first-order valence-corrected chi connectivity index (χ1v) is 7.07. The van der Waals surface area contributed by atoms with Crippen LogP contribution in [0.4, 0.5) is 0 Å². The number of aryl methyl sites for hydroxylation is 2. The second kappa shape index (κ2) is 5.46. The van der Waals surface area contributed by atoms with E-state index in [0.29, 0.717) is 11.3 Å². The zero-order valence-electron chi connectivity index (χ0n) is 10.1. The van der Waals surface area contributed by atoms with Gasteiger partial charge in [-0.2, -0.15) is 0 Å². The van der Waals surface area contributed by atoms with E-state index in [9.17, 15) is 8.42 Å². The highest BCUT2D eigenvalue weighted by Gasteiger charge is 2.16. The second-order valence-electron chi connectivity index (χ2n) is 4.04. The van der Waals surface area contributed by atoms with Crippen LogP contribution < -0.4 is 5.32 Å². The molecule has 4 heteroatoms. The molecule has 1 N–H and O–H groups in total. The zero-order chi connectivity index (χ0) is 12.2. The molecule has 90 valence electrons. The highest BCUT2D eigenvalue weighted by molar-refractivity contribution is 7.91. The van der Waals surface area contributed by atoms with Gasteiger partial charge in [-0.3, -0.25) is 0 Å². The van der Waals surface area contributed by atoms with Crippen molar-refractivity contribution in [2.75, 3.05) is 19.3 Å². The molecular weight excluding hydrogens is 222 g/mol. The van der Waals surface area contributed by atoms with Gasteiger partial charge >= 0.3 is 0 Å². The predicted molar refractivity (Wildman–Crippen MR) is 66.5 cm³/mol. The fourth-order valence-corrected chi connectivity index (χ4v) is 3.27. The smallest absolute Gasteiger partial charge is 0.178 e. The summed E-state index contributed by atoms with van der Waals surface area (Å²) >= 11 is 0. The molecular formula is C12H19NO2S. The van der Waals surface area contributed by atoms with E-state index >= 15 is 0 Å². The molecule has 0 atom stereocenters. The van der Waals surface area contributed by atoms with Crippen LogP contribution in [0.1, 0.15) is 17.5 Å². The van der Waals surface area contributed by atoms with Gasteiger partial charge < -0.3 is 5.32 Å². The highest BCUT2D eigenvalue weighted by atomic mass is 32.2. The number of rotatable bonds is 5. The normalized spacial score (nSPS) is 11.7. The first-order chi connectivity index (χ1) is 7.47. The van der Waals surface area contributed by atoms with E-state index in [1.165, 1.54) is 0 Å². The van der Waals surface area contributed by atoms with E-state index in [1.807, 2.05) is 33.0 Å². The van der Waals surface area contributed by atoms with Crippen LogP contribution in [-0.4, -0.2) is 27.8 Å². The molecule has 0 amide bonds. The topological polar surface area (TPSA) is 46.2 Å². The van der Waals surface area contributed by atoms with Crippen LogP contribution in [0.25, 0.3) is 0 Å². The summed E-state index contributed by atoms with van der Waals surface area (Å²) in [5.41, 5.74) is 1.93. The van der Waals surface area contributed by atoms with Crippen LogP contribution in [0.3, 0.4) is 0 Å². The maximum absolute atomic E-state index is 12.0. The van der Waals surface area contributed by atoms with Gasteiger partial charge in [0.1, 0.15) is 0 Å². The average molecular weight is 241 g/mol. The molecule has 0 bridgehead atoms. The molecule has 0 aliphatic heterocycles. The van der Waals surface area contributed by atoms with Crippen LogP contribution >= 0.6 is 0 Å². The Labute approximate surface area is 97.8 Å². The number of benzene rings is 1. The average Bonchev–Trinajstić information content (AvgIpc) is 2.17. The predicted octanol–water partition coefficient (Wildman–Crippen LogP) is 1.69. The van der Waals surface area contributed by atoms with Crippen molar-refractivity contribution in [3.63, 3.8) is 0 Å². The molecule has 3 nitrogen and oxygen atoms in total. The summed E-state index contributed by atoms with van der Waals surface area (Å²) in [4.78, 5) is 0.467. The fraction of sp³-hybridized carbons (Fsp3) is 0.500. The van der Waals surface area contributed by atoms with Crippen LogP contribution in [-0.2, 0) is 9.84 Å².